The topological polar surface area (TPSA) is 32.3 Å². The summed E-state index contributed by atoms with van der Waals surface area (Å²) in [6.45, 7) is 6.35. The maximum Gasteiger partial charge on any atom is 0.225 e. The Bertz CT molecular complexity index is 497. The highest BCUT2D eigenvalue weighted by Crippen LogP contribution is 2.33. The van der Waals surface area contributed by atoms with Gasteiger partial charge in [-0.25, -0.2) is 0 Å². The fraction of sp³-hybridized carbons (Fsp3) is 0.632. The van der Waals surface area contributed by atoms with Crippen molar-refractivity contribution in [3.63, 3.8) is 0 Å². The van der Waals surface area contributed by atoms with Crippen LogP contribution in [0.3, 0.4) is 0 Å². The summed E-state index contributed by atoms with van der Waals surface area (Å²) in [4.78, 5) is 14.3. The van der Waals surface area contributed by atoms with E-state index in [1.54, 1.807) is 0 Å². The van der Waals surface area contributed by atoms with Crippen LogP contribution >= 0.6 is 0 Å². The highest BCUT2D eigenvalue weighted by molar-refractivity contribution is 5.81. The maximum atomic E-state index is 12.2. The normalized spacial score (nSPS) is 26.7. The molecule has 0 aromatic heterocycles. The summed E-state index contributed by atoms with van der Waals surface area (Å²) in [6.07, 6.45) is 4.38. The summed E-state index contributed by atoms with van der Waals surface area (Å²) in [5.74, 6) is 1.28. The molecule has 0 spiro atoms. The van der Waals surface area contributed by atoms with Gasteiger partial charge in [-0.2, -0.15) is 0 Å². The minimum absolute atomic E-state index is 0.351. The summed E-state index contributed by atoms with van der Waals surface area (Å²) >= 11 is 0. The van der Waals surface area contributed by atoms with Crippen molar-refractivity contribution in [3.05, 3.63) is 35.9 Å². The molecule has 1 aliphatic heterocycles. The first-order chi connectivity index (χ1) is 10.7. The molecule has 3 atom stereocenters. The standard InChI is InChI=1S/C19H28N2O/c1-3-17(15-7-5-4-6-8-15)20-18-11-12-21(13-14(18)2)19(22)16-9-10-16/h4-8,14,16-18,20H,3,9-13H2,1-2H3/t14-,17-,18-/m0/s1. The van der Waals surface area contributed by atoms with Crippen LogP contribution in [0.2, 0.25) is 0 Å². The zero-order valence-electron chi connectivity index (χ0n) is 13.8. The third kappa shape index (κ3) is 3.52. The lowest BCUT2D eigenvalue weighted by molar-refractivity contribution is -0.134. The summed E-state index contributed by atoms with van der Waals surface area (Å²) in [6, 6.07) is 11.6. The minimum Gasteiger partial charge on any atom is -0.342 e. The third-order valence-electron chi connectivity index (χ3n) is 5.17. The average molecular weight is 300 g/mol. The van der Waals surface area contributed by atoms with E-state index in [1.165, 1.54) is 5.56 Å². The lowest BCUT2D eigenvalue weighted by atomic mass is 9.91. The molecule has 0 bridgehead atoms. The highest BCUT2D eigenvalue weighted by Gasteiger charge is 2.37. The van der Waals surface area contributed by atoms with Gasteiger partial charge < -0.3 is 10.2 Å². The third-order valence-corrected chi connectivity index (χ3v) is 5.17. The van der Waals surface area contributed by atoms with Gasteiger partial charge in [0.25, 0.3) is 0 Å². The molecule has 1 saturated heterocycles. The molecule has 1 aromatic rings. The molecule has 1 aromatic carbocycles. The molecule has 1 heterocycles. The number of carbonyl (C=O) groups is 1. The van der Waals surface area contributed by atoms with Crippen LogP contribution in [0.25, 0.3) is 0 Å². The Labute approximate surface area is 134 Å². The summed E-state index contributed by atoms with van der Waals surface area (Å²) in [5.41, 5.74) is 1.37. The second kappa shape index (κ2) is 6.82. The van der Waals surface area contributed by atoms with Crippen LogP contribution in [-0.4, -0.2) is 29.9 Å². The van der Waals surface area contributed by atoms with Gasteiger partial charge in [-0.3, -0.25) is 4.79 Å². The number of hydrogen-bond acceptors (Lipinski definition) is 2. The molecule has 1 amide bonds. The molecule has 1 N–H and O–H groups in total. The quantitative estimate of drug-likeness (QED) is 0.904. The van der Waals surface area contributed by atoms with Crippen LogP contribution in [0, 0.1) is 11.8 Å². The Kier molecular flexibility index (Phi) is 4.82. The van der Waals surface area contributed by atoms with E-state index in [9.17, 15) is 4.79 Å². The van der Waals surface area contributed by atoms with Gasteiger partial charge in [0.15, 0.2) is 0 Å². The van der Waals surface area contributed by atoms with Crippen molar-refractivity contribution < 1.29 is 4.79 Å². The predicted octanol–water partition coefficient (Wildman–Crippen LogP) is 3.37. The van der Waals surface area contributed by atoms with Crippen molar-refractivity contribution >= 4 is 5.91 Å². The molecule has 120 valence electrons. The lowest BCUT2D eigenvalue weighted by Gasteiger charge is -2.39. The fourth-order valence-electron chi connectivity index (χ4n) is 3.58. The van der Waals surface area contributed by atoms with Crippen LogP contribution in [0.1, 0.15) is 51.1 Å². The Morgan fingerprint density at radius 1 is 1.27 bits per heavy atom. The number of nitrogens with one attached hydrogen (secondary N) is 1. The van der Waals surface area contributed by atoms with Crippen molar-refractivity contribution in [2.75, 3.05) is 13.1 Å². The van der Waals surface area contributed by atoms with Gasteiger partial charge in [-0.15, -0.1) is 0 Å². The number of amides is 1. The van der Waals surface area contributed by atoms with Crippen molar-refractivity contribution in [1.82, 2.24) is 10.2 Å². The summed E-state index contributed by atoms with van der Waals surface area (Å²) < 4.78 is 0. The van der Waals surface area contributed by atoms with Gasteiger partial charge in [0.05, 0.1) is 0 Å². The van der Waals surface area contributed by atoms with Gasteiger partial charge >= 0.3 is 0 Å². The fourth-order valence-corrected chi connectivity index (χ4v) is 3.58. The summed E-state index contributed by atoms with van der Waals surface area (Å²) in [5, 5.41) is 3.84. The minimum atomic E-state index is 0.351. The first kappa shape index (κ1) is 15.5. The zero-order valence-corrected chi connectivity index (χ0v) is 13.8. The van der Waals surface area contributed by atoms with Gasteiger partial charge in [-0.1, -0.05) is 44.2 Å². The molecule has 1 aliphatic carbocycles. The predicted molar refractivity (Wildman–Crippen MR) is 89.5 cm³/mol. The van der Waals surface area contributed by atoms with Gasteiger partial charge in [0, 0.05) is 31.1 Å². The Balaban J connectivity index is 1.57. The molecule has 2 fully saturated rings. The summed E-state index contributed by atoms with van der Waals surface area (Å²) in [7, 11) is 0. The van der Waals surface area contributed by atoms with E-state index in [4.69, 9.17) is 0 Å². The Morgan fingerprint density at radius 2 is 2.00 bits per heavy atom. The molecule has 3 nitrogen and oxygen atoms in total. The molecule has 2 aliphatic rings. The van der Waals surface area contributed by atoms with Gasteiger partial charge in [0.2, 0.25) is 5.91 Å². The Morgan fingerprint density at radius 3 is 2.59 bits per heavy atom. The molecule has 22 heavy (non-hydrogen) atoms. The number of rotatable bonds is 5. The first-order valence-electron chi connectivity index (χ1n) is 8.78. The van der Waals surface area contributed by atoms with Crippen LogP contribution < -0.4 is 5.32 Å². The smallest absolute Gasteiger partial charge is 0.225 e. The molecule has 0 radical (unpaired) electrons. The van der Waals surface area contributed by atoms with Crippen LogP contribution in [0.15, 0.2) is 30.3 Å². The van der Waals surface area contributed by atoms with E-state index in [2.05, 4.69) is 54.4 Å². The van der Waals surface area contributed by atoms with E-state index in [0.717, 1.165) is 38.8 Å². The zero-order chi connectivity index (χ0) is 15.5. The molecule has 3 rings (SSSR count). The second-order valence-corrected chi connectivity index (χ2v) is 6.97. The maximum absolute atomic E-state index is 12.2. The number of piperidine rings is 1. The number of benzene rings is 1. The average Bonchev–Trinajstić information content (AvgIpc) is 3.39. The largest absolute Gasteiger partial charge is 0.342 e. The van der Waals surface area contributed by atoms with Crippen molar-refractivity contribution in [3.8, 4) is 0 Å². The number of hydrogen-bond donors (Lipinski definition) is 1. The second-order valence-electron chi connectivity index (χ2n) is 6.97. The van der Waals surface area contributed by atoms with E-state index < -0.39 is 0 Å². The number of nitrogens with zero attached hydrogens (tertiary/aromatic N) is 1. The first-order valence-corrected chi connectivity index (χ1v) is 8.78. The molecular weight excluding hydrogens is 272 g/mol. The van der Waals surface area contributed by atoms with E-state index in [1.807, 2.05) is 0 Å². The molecule has 3 heteroatoms. The van der Waals surface area contributed by atoms with Crippen LogP contribution in [0.5, 0.6) is 0 Å². The van der Waals surface area contributed by atoms with E-state index in [-0.39, 0.29) is 0 Å². The van der Waals surface area contributed by atoms with Gasteiger partial charge in [0.1, 0.15) is 0 Å². The molecule has 1 saturated carbocycles. The Hall–Kier alpha value is -1.35. The van der Waals surface area contributed by atoms with Crippen LogP contribution in [-0.2, 0) is 4.79 Å². The molecule has 0 unspecified atom stereocenters. The van der Waals surface area contributed by atoms with E-state index >= 15 is 0 Å². The van der Waals surface area contributed by atoms with Crippen molar-refractivity contribution in [2.45, 2.75) is 51.6 Å². The van der Waals surface area contributed by atoms with Crippen molar-refractivity contribution in [1.29, 1.82) is 0 Å². The molecular formula is C19H28N2O. The number of likely N-dealkylation sites (tertiary alicyclic amines) is 1. The van der Waals surface area contributed by atoms with E-state index in [0.29, 0.717) is 29.8 Å². The van der Waals surface area contributed by atoms with Crippen LogP contribution in [0.4, 0.5) is 0 Å². The lowest BCUT2D eigenvalue weighted by Crippen LogP contribution is -2.51. The highest BCUT2D eigenvalue weighted by atomic mass is 16.2. The SMILES string of the molecule is CC[C@H](N[C@H]1CCN(C(=O)C2CC2)C[C@@H]1C)c1ccccc1. The van der Waals surface area contributed by atoms with Gasteiger partial charge in [-0.05, 0) is 37.2 Å². The number of carbonyl (C=O) groups excluding carboxylic acids is 1. The van der Waals surface area contributed by atoms with Crippen molar-refractivity contribution in [2.24, 2.45) is 11.8 Å². The monoisotopic (exact) mass is 300 g/mol.